The number of ether oxygens (including phenoxy) is 1. The van der Waals surface area contributed by atoms with Crippen molar-refractivity contribution in [2.45, 2.75) is 6.18 Å². The third-order valence-corrected chi connectivity index (χ3v) is 2.39. The number of alkyl halides is 3. The summed E-state index contributed by atoms with van der Waals surface area (Å²) in [6, 6.07) is 1.44. The maximum absolute atomic E-state index is 12.9. The van der Waals surface area contributed by atoms with E-state index in [1.165, 1.54) is 7.11 Å². The molecule has 0 spiro atoms. The maximum atomic E-state index is 12.9. The van der Waals surface area contributed by atoms with E-state index in [-0.39, 0.29) is 5.75 Å². The fraction of sp³-hybridized carbons (Fsp3) is 0.250. The minimum absolute atomic E-state index is 0.0133. The van der Waals surface area contributed by atoms with Crippen molar-refractivity contribution in [1.29, 1.82) is 0 Å². The van der Waals surface area contributed by atoms with E-state index in [2.05, 4.69) is 4.74 Å². The second-order valence-corrected chi connectivity index (χ2v) is 3.63. The minimum Gasteiger partial charge on any atom is -0.496 e. The van der Waals surface area contributed by atoms with Crippen LogP contribution >= 0.6 is 22.6 Å². The number of rotatable bonds is 1. The molecular formula is C8H5F4IO. The van der Waals surface area contributed by atoms with Gasteiger partial charge >= 0.3 is 6.18 Å². The molecule has 0 saturated heterocycles. The third kappa shape index (κ3) is 2.28. The van der Waals surface area contributed by atoms with E-state index >= 15 is 0 Å². The average molecular weight is 320 g/mol. The second-order valence-electron chi connectivity index (χ2n) is 2.46. The van der Waals surface area contributed by atoms with Crippen LogP contribution in [0, 0.1) is 9.39 Å². The van der Waals surface area contributed by atoms with Crippen molar-refractivity contribution in [3.63, 3.8) is 0 Å². The van der Waals surface area contributed by atoms with Crippen LogP contribution in [0.25, 0.3) is 0 Å². The summed E-state index contributed by atoms with van der Waals surface area (Å²) < 4.78 is 54.4. The molecule has 0 saturated carbocycles. The van der Waals surface area contributed by atoms with Gasteiger partial charge in [0.2, 0.25) is 0 Å². The van der Waals surface area contributed by atoms with E-state index in [1.54, 1.807) is 22.6 Å². The van der Waals surface area contributed by atoms with Crippen molar-refractivity contribution in [1.82, 2.24) is 0 Å². The molecule has 0 heterocycles. The zero-order valence-electron chi connectivity index (χ0n) is 6.95. The van der Waals surface area contributed by atoms with Crippen LogP contribution in [0.5, 0.6) is 5.75 Å². The highest BCUT2D eigenvalue weighted by atomic mass is 127. The third-order valence-electron chi connectivity index (χ3n) is 1.55. The van der Waals surface area contributed by atoms with Crippen LogP contribution in [0.1, 0.15) is 5.56 Å². The summed E-state index contributed by atoms with van der Waals surface area (Å²) in [5, 5.41) is 0. The van der Waals surface area contributed by atoms with E-state index < -0.39 is 17.6 Å². The topological polar surface area (TPSA) is 9.23 Å². The Kier molecular flexibility index (Phi) is 3.23. The Labute approximate surface area is 91.2 Å². The van der Waals surface area contributed by atoms with Gasteiger partial charge < -0.3 is 4.74 Å². The van der Waals surface area contributed by atoms with Crippen LogP contribution in [-0.4, -0.2) is 7.11 Å². The predicted molar refractivity (Wildman–Crippen MR) is 50.7 cm³/mol. The molecule has 1 nitrogen and oxygen atoms in total. The molecule has 0 atom stereocenters. The van der Waals surface area contributed by atoms with Crippen LogP contribution in [0.15, 0.2) is 12.1 Å². The van der Waals surface area contributed by atoms with Crippen molar-refractivity contribution in [3.05, 3.63) is 27.1 Å². The molecule has 1 aromatic carbocycles. The molecule has 0 aromatic heterocycles. The zero-order valence-corrected chi connectivity index (χ0v) is 9.11. The highest BCUT2D eigenvalue weighted by Crippen LogP contribution is 2.35. The van der Waals surface area contributed by atoms with Crippen molar-refractivity contribution >= 4 is 22.6 Å². The summed E-state index contributed by atoms with van der Waals surface area (Å²) in [6.45, 7) is 0. The van der Waals surface area contributed by atoms with E-state index in [0.29, 0.717) is 9.64 Å². The van der Waals surface area contributed by atoms with Gasteiger partial charge in [-0.1, -0.05) is 0 Å². The second kappa shape index (κ2) is 3.92. The fourth-order valence-corrected chi connectivity index (χ4v) is 1.55. The molecule has 0 unspecified atom stereocenters. The van der Waals surface area contributed by atoms with Crippen molar-refractivity contribution < 1.29 is 22.3 Å². The quantitative estimate of drug-likeness (QED) is 0.569. The highest BCUT2D eigenvalue weighted by Gasteiger charge is 2.35. The van der Waals surface area contributed by atoms with Crippen LogP contribution in [0.2, 0.25) is 0 Å². The Hall–Kier alpha value is -0.530. The fourth-order valence-electron chi connectivity index (χ4n) is 0.903. The first-order valence-corrected chi connectivity index (χ1v) is 4.54. The molecule has 1 rings (SSSR count). The van der Waals surface area contributed by atoms with Gasteiger partial charge in [-0.2, -0.15) is 13.2 Å². The molecule has 0 aliphatic rings. The first-order valence-electron chi connectivity index (χ1n) is 3.46. The van der Waals surface area contributed by atoms with Gasteiger partial charge in [0.05, 0.1) is 16.2 Å². The molecule has 0 amide bonds. The van der Waals surface area contributed by atoms with Crippen molar-refractivity contribution in [3.8, 4) is 5.75 Å². The Morgan fingerprint density at radius 2 is 1.86 bits per heavy atom. The van der Waals surface area contributed by atoms with E-state index in [4.69, 9.17) is 0 Å². The molecule has 0 N–H and O–H groups in total. The summed E-state index contributed by atoms with van der Waals surface area (Å²) in [6.07, 6.45) is -4.69. The van der Waals surface area contributed by atoms with Crippen LogP contribution < -0.4 is 4.74 Å². The van der Waals surface area contributed by atoms with Crippen LogP contribution in [-0.2, 0) is 6.18 Å². The van der Waals surface area contributed by atoms with E-state index in [0.717, 1.165) is 6.07 Å². The zero-order chi connectivity index (χ0) is 10.9. The summed E-state index contributed by atoms with van der Waals surface area (Å²) in [7, 11) is 1.23. The molecule has 0 aliphatic heterocycles. The Morgan fingerprint density at radius 3 is 2.29 bits per heavy atom. The number of benzene rings is 1. The Morgan fingerprint density at radius 1 is 1.29 bits per heavy atom. The van der Waals surface area contributed by atoms with Crippen molar-refractivity contribution in [2.75, 3.05) is 7.11 Å². The van der Waals surface area contributed by atoms with E-state index in [9.17, 15) is 17.6 Å². The smallest absolute Gasteiger partial charge is 0.419 e. The highest BCUT2D eigenvalue weighted by molar-refractivity contribution is 14.1. The van der Waals surface area contributed by atoms with Gasteiger partial charge in [-0.3, -0.25) is 0 Å². The number of halogens is 5. The number of methoxy groups -OCH3 is 1. The standard InChI is InChI=1S/C8H5F4IO/c1-14-7-2-4(8(10,11)12)5(9)3-6(7)13/h2-3H,1H3. The molecule has 0 bridgehead atoms. The lowest BCUT2D eigenvalue weighted by molar-refractivity contribution is -0.140. The van der Waals surface area contributed by atoms with Gasteiger partial charge in [-0.05, 0) is 34.7 Å². The Balaban J connectivity index is 3.32. The molecule has 0 aliphatic carbocycles. The van der Waals surface area contributed by atoms with Gasteiger partial charge in [0.1, 0.15) is 11.6 Å². The molecule has 0 fully saturated rings. The summed E-state index contributed by atoms with van der Waals surface area (Å²) in [5.41, 5.74) is -1.31. The lowest BCUT2D eigenvalue weighted by Gasteiger charge is -2.10. The first-order chi connectivity index (χ1) is 6.36. The summed E-state index contributed by atoms with van der Waals surface area (Å²) in [4.78, 5) is 0. The maximum Gasteiger partial charge on any atom is 0.419 e. The molecule has 14 heavy (non-hydrogen) atoms. The van der Waals surface area contributed by atoms with Gasteiger partial charge in [-0.15, -0.1) is 0 Å². The summed E-state index contributed by atoms with van der Waals surface area (Å²) in [5.74, 6) is -1.28. The molecule has 78 valence electrons. The normalized spacial score (nSPS) is 11.6. The van der Waals surface area contributed by atoms with Gasteiger partial charge in [0.15, 0.2) is 0 Å². The van der Waals surface area contributed by atoms with Crippen LogP contribution in [0.4, 0.5) is 17.6 Å². The molecule has 0 radical (unpaired) electrons. The minimum atomic E-state index is -4.69. The van der Waals surface area contributed by atoms with Gasteiger partial charge in [0.25, 0.3) is 0 Å². The summed E-state index contributed by atoms with van der Waals surface area (Å²) >= 11 is 1.70. The van der Waals surface area contributed by atoms with E-state index in [1.807, 2.05) is 0 Å². The predicted octanol–water partition coefficient (Wildman–Crippen LogP) is 3.46. The van der Waals surface area contributed by atoms with Gasteiger partial charge in [-0.25, -0.2) is 4.39 Å². The average Bonchev–Trinajstić information content (AvgIpc) is 2.02. The molecule has 6 heteroatoms. The van der Waals surface area contributed by atoms with Gasteiger partial charge in [0, 0.05) is 0 Å². The Bertz CT molecular complexity index is 348. The number of hydrogen-bond donors (Lipinski definition) is 0. The molecule has 1 aromatic rings. The lowest BCUT2D eigenvalue weighted by atomic mass is 10.2. The van der Waals surface area contributed by atoms with Crippen LogP contribution in [0.3, 0.4) is 0 Å². The monoisotopic (exact) mass is 320 g/mol. The SMILES string of the molecule is COc1cc(C(F)(F)F)c(F)cc1I. The number of hydrogen-bond acceptors (Lipinski definition) is 1. The first kappa shape index (κ1) is 11.5. The molecular weight excluding hydrogens is 315 g/mol. The van der Waals surface area contributed by atoms with Crippen molar-refractivity contribution in [2.24, 2.45) is 0 Å². The lowest BCUT2D eigenvalue weighted by Crippen LogP contribution is -2.09. The largest absolute Gasteiger partial charge is 0.496 e.